The molecule has 2 unspecified atom stereocenters. The summed E-state index contributed by atoms with van der Waals surface area (Å²) >= 11 is 1.69. The fourth-order valence-corrected chi connectivity index (χ4v) is 0.387. The van der Waals surface area contributed by atoms with Crippen LogP contribution in [-0.2, 0) is 0 Å². The van der Waals surface area contributed by atoms with Gasteiger partial charge in [0.25, 0.3) is 0 Å². The number of rotatable bonds is 2. The zero-order valence-corrected chi connectivity index (χ0v) is 6.44. The van der Waals surface area contributed by atoms with Crippen LogP contribution in [0.15, 0.2) is 0 Å². The number of hydrogen-bond donors (Lipinski definition) is 1. The van der Waals surface area contributed by atoms with Crippen molar-refractivity contribution in [2.45, 2.75) is 12.1 Å². The molecule has 6 heavy (non-hydrogen) atoms. The first kappa shape index (κ1) is 6.52. The second-order valence-electron chi connectivity index (χ2n) is 1.52. The fourth-order valence-electron chi connectivity index (χ4n) is 0.0745. The number of aliphatic hydroxyl groups is 1. The van der Waals surface area contributed by atoms with Crippen LogP contribution in [0.2, 0.25) is 5.21 Å². The normalized spacial score (nSPS) is 14.5. The molecule has 0 spiro atoms. The van der Waals surface area contributed by atoms with Crippen molar-refractivity contribution in [3.8, 4) is 0 Å². The molecule has 0 aliphatic carbocycles. The predicted octanol–water partition coefficient (Wildman–Crippen LogP) is -0.334. The average Bonchev–Trinajstić information content (AvgIpc) is 1.65. The van der Waals surface area contributed by atoms with E-state index in [0.29, 0.717) is 12.5 Å². The molecule has 0 rings (SSSR count). The van der Waals surface area contributed by atoms with Gasteiger partial charge in [-0.2, -0.15) is 0 Å². The first-order chi connectivity index (χ1) is 2.81. The summed E-state index contributed by atoms with van der Waals surface area (Å²) in [6, 6.07) is 0. The van der Waals surface area contributed by atoms with Gasteiger partial charge in [0.05, 0.1) is 0 Å². The Bertz CT molecular complexity index is 26.7. The van der Waals surface area contributed by atoms with Crippen LogP contribution in [0, 0.1) is 5.92 Å². The third-order valence-corrected chi connectivity index (χ3v) is 2.40. The fraction of sp³-hybridized carbons (Fsp3) is 1.00. The van der Waals surface area contributed by atoms with Gasteiger partial charge in [-0.05, 0) is 0 Å². The van der Waals surface area contributed by atoms with E-state index in [1.54, 1.807) is 16.9 Å². The van der Waals surface area contributed by atoms with Crippen molar-refractivity contribution in [1.29, 1.82) is 0 Å². The van der Waals surface area contributed by atoms with E-state index >= 15 is 0 Å². The third-order valence-electron chi connectivity index (χ3n) is 0.714. The van der Waals surface area contributed by atoms with E-state index in [1.807, 2.05) is 6.92 Å². The van der Waals surface area contributed by atoms with Gasteiger partial charge < -0.3 is 0 Å². The Labute approximate surface area is 47.2 Å². The van der Waals surface area contributed by atoms with Crippen molar-refractivity contribution in [3.05, 3.63) is 0 Å². The van der Waals surface area contributed by atoms with E-state index in [-0.39, 0.29) is 0 Å². The molecule has 0 bridgehead atoms. The molecule has 0 fully saturated rings. The van der Waals surface area contributed by atoms with Gasteiger partial charge in [-0.1, -0.05) is 0 Å². The summed E-state index contributed by atoms with van der Waals surface area (Å²) in [5.74, 6) is 0.519. The molecule has 0 aromatic carbocycles. The van der Waals surface area contributed by atoms with Crippen LogP contribution >= 0.6 is 0 Å². The molecule has 38 valence electrons. The first-order valence-corrected chi connectivity index (χ1v) is 3.83. The van der Waals surface area contributed by atoms with E-state index in [0.717, 1.165) is 5.21 Å². The van der Waals surface area contributed by atoms with Crippen molar-refractivity contribution in [1.82, 2.24) is 0 Å². The molecule has 0 radical (unpaired) electrons. The Morgan fingerprint density at radius 3 is 2.33 bits per heavy atom. The standard InChI is InChI=1S/C4H11AsO/c1-4(2-5)3-6/h4,6H,2-3,5H2,1H3. The molecule has 0 saturated heterocycles. The minimum absolute atomic E-state index is 0.345. The maximum absolute atomic E-state index is 8.34. The van der Waals surface area contributed by atoms with Crippen LogP contribution in [-0.4, -0.2) is 28.6 Å². The second kappa shape index (κ2) is 3.70. The van der Waals surface area contributed by atoms with Crippen LogP contribution < -0.4 is 0 Å². The van der Waals surface area contributed by atoms with Gasteiger partial charge >= 0.3 is 46.6 Å². The Hall–Kier alpha value is 0.518. The van der Waals surface area contributed by atoms with Gasteiger partial charge in [0.1, 0.15) is 0 Å². The summed E-state index contributed by atoms with van der Waals surface area (Å²) in [4.78, 5) is 0. The van der Waals surface area contributed by atoms with E-state index < -0.39 is 0 Å². The maximum atomic E-state index is 8.34. The number of aliphatic hydroxyl groups excluding tert-OH is 1. The SMILES string of the molecule is CC(CO)C[AsH2]. The van der Waals surface area contributed by atoms with Gasteiger partial charge in [0.2, 0.25) is 0 Å². The van der Waals surface area contributed by atoms with Crippen LogP contribution in [0.4, 0.5) is 0 Å². The van der Waals surface area contributed by atoms with E-state index in [9.17, 15) is 0 Å². The average molecular weight is 150 g/mol. The van der Waals surface area contributed by atoms with Crippen molar-refractivity contribution < 1.29 is 5.11 Å². The van der Waals surface area contributed by atoms with Crippen LogP contribution in [0.3, 0.4) is 0 Å². The van der Waals surface area contributed by atoms with Crippen molar-refractivity contribution in [2.24, 2.45) is 5.92 Å². The Morgan fingerprint density at radius 2 is 2.33 bits per heavy atom. The minimum atomic E-state index is 0.345. The molecule has 0 heterocycles. The summed E-state index contributed by atoms with van der Waals surface area (Å²) in [6.07, 6.45) is 0. The molecule has 1 nitrogen and oxygen atoms in total. The Morgan fingerprint density at radius 1 is 1.83 bits per heavy atom. The molecule has 2 atom stereocenters. The molecule has 2 heteroatoms. The zero-order chi connectivity index (χ0) is 4.99. The molecule has 0 aromatic rings. The monoisotopic (exact) mass is 150 g/mol. The summed E-state index contributed by atoms with van der Waals surface area (Å²) in [5.41, 5.74) is 0. The summed E-state index contributed by atoms with van der Waals surface area (Å²) in [5, 5.41) is 9.49. The van der Waals surface area contributed by atoms with Crippen molar-refractivity contribution in [2.75, 3.05) is 6.61 Å². The summed E-state index contributed by atoms with van der Waals surface area (Å²) in [7, 11) is 0. The first-order valence-electron chi connectivity index (χ1n) is 2.12. The topological polar surface area (TPSA) is 20.2 Å². The molecular formula is C4H11AsO. The summed E-state index contributed by atoms with van der Waals surface area (Å²) < 4.78 is 0. The van der Waals surface area contributed by atoms with Gasteiger partial charge in [-0.3, -0.25) is 0 Å². The van der Waals surface area contributed by atoms with Gasteiger partial charge in [0, 0.05) is 0 Å². The third kappa shape index (κ3) is 2.74. The van der Waals surface area contributed by atoms with Crippen LogP contribution in [0.5, 0.6) is 0 Å². The Balaban J connectivity index is 2.75. The van der Waals surface area contributed by atoms with E-state index in [4.69, 9.17) is 5.11 Å². The van der Waals surface area contributed by atoms with Crippen molar-refractivity contribution >= 4 is 16.9 Å². The van der Waals surface area contributed by atoms with Crippen molar-refractivity contribution in [3.63, 3.8) is 0 Å². The van der Waals surface area contributed by atoms with Gasteiger partial charge in [-0.25, -0.2) is 0 Å². The predicted molar refractivity (Wildman–Crippen MR) is 29.6 cm³/mol. The van der Waals surface area contributed by atoms with Gasteiger partial charge in [0.15, 0.2) is 0 Å². The molecule has 0 aliphatic heterocycles. The summed E-state index contributed by atoms with van der Waals surface area (Å²) in [6.45, 7) is 2.39. The molecule has 0 amide bonds. The van der Waals surface area contributed by atoms with E-state index in [2.05, 4.69) is 0 Å². The van der Waals surface area contributed by atoms with Crippen LogP contribution in [0.25, 0.3) is 0 Å². The van der Waals surface area contributed by atoms with Gasteiger partial charge in [-0.15, -0.1) is 0 Å². The molecule has 0 aliphatic rings. The number of hydrogen-bond acceptors (Lipinski definition) is 1. The molecular weight excluding hydrogens is 139 g/mol. The van der Waals surface area contributed by atoms with Crippen LogP contribution in [0.1, 0.15) is 6.92 Å². The second-order valence-corrected chi connectivity index (χ2v) is 2.51. The quantitative estimate of drug-likeness (QED) is 0.534. The zero-order valence-electron chi connectivity index (χ0n) is 4.02. The molecule has 1 N–H and O–H groups in total. The molecule has 0 aromatic heterocycles. The molecule has 0 saturated carbocycles. The Kier molecular flexibility index (Phi) is 4.02. The van der Waals surface area contributed by atoms with E-state index in [1.165, 1.54) is 0 Å².